The third-order valence-electron chi connectivity index (χ3n) is 4.09. The van der Waals surface area contributed by atoms with E-state index in [1.165, 1.54) is 11.6 Å². The minimum Gasteiger partial charge on any atom is -0.356 e. The molecule has 0 aliphatic rings. The van der Waals surface area contributed by atoms with Crippen LogP contribution in [-0.2, 0) is 6.42 Å². The molecule has 0 amide bonds. The van der Waals surface area contributed by atoms with Gasteiger partial charge in [-0.3, -0.25) is 4.99 Å². The Morgan fingerprint density at radius 1 is 1.08 bits per heavy atom. The summed E-state index contributed by atoms with van der Waals surface area (Å²) in [6.07, 6.45) is 0.933. The molecule has 5 heteroatoms. The van der Waals surface area contributed by atoms with E-state index < -0.39 is 0 Å². The van der Waals surface area contributed by atoms with Crippen LogP contribution in [0.3, 0.4) is 0 Å². The molecule has 4 nitrogen and oxygen atoms in total. The summed E-state index contributed by atoms with van der Waals surface area (Å²) in [7, 11) is 5.73. The van der Waals surface area contributed by atoms with Crippen molar-refractivity contribution < 1.29 is 4.39 Å². The third-order valence-corrected chi connectivity index (χ3v) is 4.09. The smallest absolute Gasteiger partial charge is 0.191 e. The van der Waals surface area contributed by atoms with Crippen molar-refractivity contribution in [2.24, 2.45) is 4.99 Å². The summed E-state index contributed by atoms with van der Waals surface area (Å²) >= 11 is 0. The molecule has 0 aliphatic heterocycles. The van der Waals surface area contributed by atoms with Crippen LogP contribution in [-0.4, -0.2) is 45.1 Å². The van der Waals surface area contributed by atoms with Gasteiger partial charge in [0.25, 0.3) is 0 Å². The summed E-state index contributed by atoms with van der Waals surface area (Å²) in [5, 5.41) is 6.65. The molecule has 2 aromatic carbocycles. The summed E-state index contributed by atoms with van der Waals surface area (Å²) in [5.41, 5.74) is 2.23. The molecular weight excluding hydrogens is 315 g/mol. The van der Waals surface area contributed by atoms with Gasteiger partial charge in [0.05, 0.1) is 6.04 Å². The fourth-order valence-electron chi connectivity index (χ4n) is 2.70. The van der Waals surface area contributed by atoms with Gasteiger partial charge >= 0.3 is 0 Å². The molecule has 0 aromatic heterocycles. The molecule has 0 saturated heterocycles. The van der Waals surface area contributed by atoms with Gasteiger partial charge in [0.15, 0.2) is 5.96 Å². The molecule has 0 saturated carbocycles. The molecular formula is C20H27FN4. The summed E-state index contributed by atoms with van der Waals surface area (Å²) in [6.45, 7) is 1.44. The lowest BCUT2D eigenvalue weighted by molar-refractivity contribution is 0.297. The highest BCUT2D eigenvalue weighted by Gasteiger charge is 2.15. The monoisotopic (exact) mass is 342 g/mol. The van der Waals surface area contributed by atoms with Crippen molar-refractivity contribution in [2.75, 3.05) is 34.2 Å². The van der Waals surface area contributed by atoms with Gasteiger partial charge in [0, 0.05) is 20.1 Å². The number of hydrogen-bond donors (Lipinski definition) is 2. The second-order valence-corrected chi connectivity index (χ2v) is 6.15. The second-order valence-electron chi connectivity index (χ2n) is 6.15. The van der Waals surface area contributed by atoms with E-state index in [1.807, 2.05) is 38.4 Å². The minimum atomic E-state index is -0.213. The van der Waals surface area contributed by atoms with Crippen molar-refractivity contribution in [1.29, 1.82) is 0 Å². The number of rotatable bonds is 7. The Kier molecular flexibility index (Phi) is 7.41. The summed E-state index contributed by atoms with van der Waals surface area (Å²) in [6, 6.07) is 17.1. The van der Waals surface area contributed by atoms with Gasteiger partial charge in [0.1, 0.15) is 5.82 Å². The lowest BCUT2D eigenvalue weighted by Gasteiger charge is -2.26. The Balaban J connectivity index is 1.87. The fraction of sp³-hybridized carbons (Fsp3) is 0.350. The lowest BCUT2D eigenvalue weighted by Crippen LogP contribution is -2.42. The first-order valence-corrected chi connectivity index (χ1v) is 8.50. The van der Waals surface area contributed by atoms with Gasteiger partial charge in [-0.15, -0.1) is 0 Å². The Morgan fingerprint density at radius 2 is 1.84 bits per heavy atom. The molecule has 2 rings (SSSR count). The Bertz CT molecular complexity index is 670. The van der Waals surface area contributed by atoms with Gasteiger partial charge in [0.2, 0.25) is 0 Å². The number of nitrogens with one attached hydrogen (secondary N) is 2. The number of likely N-dealkylation sites (N-methyl/N-ethyl adjacent to an activating group) is 1. The molecule has 0 aliphatic carbocycles. The maximum absolute atomic E-state index is 13.5. The van der Waals surface area contributed by atoms with Crippen LogP contribution in [0.1, 0.15) is 17.2 Å². The van der Waals surface area contributed by atoms with E-state index in [1.54, 1.807) is 19.2 Å². The number of guanidine groups is 1. The Labute approximate surface area is 149 Å². The molecule has 1 unspecified atom stereocenters. The standard InChI is InChI=1S/C20H27FN4/c1-22-20(23-13-12-16-8-5-4-6-9-16)24-15-19(25(2)3)17-10-7-11-18(21)14-17/h4-11,14,19H,12-13,15H2,1-3H3,(H2,22,23,24). The van der Waals surface area contributed by atoms with E-state index in [2.05, 4.69) is 32.7 Å². The molecule has 25 heavy (non-hydrogen) atoms. The first-order chi connectivity index (χ1) is 12.1. The SMILES string of the molecule is CN=C(NCCc1ccccc1)NCC(c1cccc(F)c1)N(C)C. The molecule has 0 heterocycles. The van der Waals surface area contributed by atoms with Crippen LogP contribution in [0, 0.1) is 5.82 Å². The average Bonchev–Trinajstić information content (AvgIpc) is 2.61. The van der Waals surface area contributed by atoms with E-state index in [0.29, 0.717) is 6.54 Å². The van der Waals surface area contributed by atoms with Crippen molar-refractivity contribution in [3.63, 3.8) is 0 Å². The maximum Gasteiger partial charge on any atom is 0.191 e. The van der Waals surface area contributed by atoms with Crippen LogP contribution >= 0.6 is 0 Å². The first kappa shape index (κ1) is 18.9. The van der Waals surface area contributed by atoms with Crippen LogP contribution < -0.4 is 10.6 Å². The lowest BCUT2D eigenvalue weighted by atomic mass is 10.1. The number of aliphatic imine (C=N–C) groups is 1. The Hall–Kier alpha value is -2.40. The van der Waals surface area contributed by atoms with E-state index in [9.17, 15) is 4.39 Å². The number of hydrogen-bond acceptors (Lipinski definition) is 2. The zero-order valence-corrected chi connectivity index (χ0v) is 15.2. The number of benzene rings is 2. The van der Waals surface area contributed by atoms with Crippen LogP contribution in [0.15, 0.2) is 59.6 Å². The van der Waals surface area contributed by atoms with Gasteiger partial charge in [-0.25, -0.2) is 4.39 Å². The fourth-order valence-corrected chi connectivity index (χ4v) is 2.70. The molecule has 134 valence electrons. The van der Waals surface area contributed by atoms with Crippen molar-refractivity contribution in [2.45, 2.75) is 12.5 Å². The largest absolute Gasteiger partial charge is 0.356 e. The van der Waals surface area contributed by atoms with Gasteiger partial charge in [-0.2, -0.15) is 0 Å². The van der Waals surface area contributed by atoms with E-state index in [0.717, 1.165) is 24.5 Å². The summed E-state index contributed by atoms with van der Waals surface area (Å²) in [5.74, 6) is 0.536. The molecule has 1 atom stereocenters. The highest BCUT2D eigenvalue weighted by Crippen LogP contribution is 2.18. The van der Waals surface area contributed by atoms with Crippen molar-refractivity contribution >= 4 is 5.96 Å². The predicted molar refractivity (Wildman–Crippen MR) is 102 cm³/mol. The quantitative estimate of drug-likeness (QED) is 0.600. The third kappa shape index (κ3) is 6.19. The number of halogens is 1. The zero-order valence-electron chi connectivity index (χ0n) is 15.2. The van der Waals surface area contributed by atoms with E-state index in [4.69, 9.17) is 0 Å². The van der Waals surface area contributed by atoms with Crippen molar-refractivity contribution in [3.8, 4) is 0 Å². The molecule has 0 bridgehead atoms. The number of nitrogens with zero attached hydrogens (tertiary/aromatic N) is 2. The van der Waals surface area contributed by atoms with Crippen LogP contribution in [0.4, 0.5) is 4.39 Å². The highest BCUT2D eigenvalue weighted by atomic mass is 19.1. The minimum absolute atomic E-state index is 0.0587. The summed E-state index contributed by atoms with van der Waals surface area (Å²) < 4.78 is 13.5. The van der Waals surface area contributed by atoms with Crippen molar-refractivity contribution in [1.82, 2.24) is 15.5 Å². The van der Waals surface area contributed by atoms with Crippen LogP contribution in [0.5, 0.6) is 0 Å². The summed E-state index contributed by atoms with van der Waals surface area (Å²) in [4.78, 5) is 6.33. The van der Waals surface area contributed by atoms with Gasteiger partial charge in [-0.1, -0.05) is 42.5 Å². The second kappa shape index (κ2) is 9.79. The molecule has 0 fully saturated rings. The van der Waals surface area contributed by atoms with Gasteiger partial charge < -0.3 is 15.5 Å². The van der Waals surface area contributed by atoms with Crippen LogP contribution in [0.25, 0.3) is 0 Å². The molecule has 2 N–H and O–H groups in total. The highest BCUT2D eigenvalue weighted by molar-refractivity contribution is 5.79. The van der Waals surface area contributed by atoms with Crippen LogP contribution in [0.2, 0.25) is 0 Å². The average molecular weight is 342 g/mol. The normalized spacial score (nSPS) is 12.9. The zero-order chi connectivity index (χ0) is 18.1. The molecule has 2 aromatic rings. The molecule has 0 spiro atoms. The predicted octanol–water partition coefficient (Wildman–Crippen LogP) is 2.84. The maximum atomic E-state index is 13.5. The van der Waals surface area contributed by atoms with E-state index in [-0.39, 0.29) is 11.9 Å². The van der Waals surface area contributed by atoms with Gasteiger partial charge in [-0.05, 0) is 43.8 Å². The van der Waals surface area contributed by atoms with E-state index >= 15 is 0 Å². The topological polar surface area (TPSA) is 39.7 Å². The molecule has 0 radical (unpaired) electrons. The Morgan fingerprint density at radius 3 is 2.48 bits per heavy atom. The van der Waals surface area contributed by atoms with Crippen molar-refractivity contribution in [3.05, 3.63) is 71.5 Å². The first-order valence-electron chi connectivity index (χ1n) is 8.50.